The molecule has 0 saturated carbocycles. The summed E-state index contributed by atoms with van der Waals surface area (Å²) in [7, 11) is 0. The molecular weight excluding hydrogens is 414 g/mol. The first kappa shape index (κ1) is 21.3. The van der Waals surface area contributed by atoms with Crippen LogP contribution < -0.4 is 15.4 Å². The molecule has 5 rings (SSSR count). The van der Waals surface area contributed by atoms with E-state index in [0.717, 1.165) is 51.3 Å². The fourth-order valence-corrected chi connectivity index (χ4v) is 4.38. The molecule has 0 aliphatic carbocycles. The molecule has 0 radical (unpaired) electrons. The van der Waals surface area contributed by atoms with Crippen molar-refractivity contribution in [2.75, 3.05) is 44.2 Å². The lowest BCUT2D eigenvalue weighted by Gasteiger charge is -2.36. The number of aromatic nitrogens is 1. The van der Waals surface area contributed by atoms with Crippen LogP contribution in [0.15, 0.2) is 82.0 Å². The van der Waals surface area contributed by atoms with Crippen molar-refractivity contribution in [2.24, 2.45) is 0 Å². The third-order valence-electron chi connectivity index (χ3n) is 6.20. The van der Waals surface area contributed by atoms with E-state index in [4.69, 9.17) is 9.15 Å². The summed E-state index contributed by atoms with van der Waals surface area (Å²) in [5, 5.41) is 0. The Morgan fingerprint density at radius 1 is 0.879 bits per heavy atom. The largest absolute Gasteiger partial charge is 0.493 e. The molecule has 1 N–H and O–H groups in total. The van der Waals surface area contributed by atoms with Crippen molar-refractivity contribution in [1.29, 1.82) is 0 Å². The third-order valence-corrected chi connectivity index (χ3v) is 6.20. The number of benzene rings is 3. The molecule has 0 spiro atoms. The molecule has 1 aliphatic heterocycles. The van der Waals surface area contributed by atoms with Gasteiger partial charge in [0.05, 0.1) is 12.1 Å². The number of nitrogens with zero attached hydrogens (tertiary/aromatic N) is 2. The minimum absolute atomic E-state index is 0.440. The zero-order valence-electron chi connectivity index (χ0n) is 18.7. The molecule has 3 aromatic carbocycles. The summed E-state index contributed by atoms with van der Waals surface area (Å²) in [6, 6.07) is 25.1. The van der Waals surface area contributed by atoms with Gasteiger partial charge < -0.3 is 14.1 Å². The molecule has 0 amide bonds. The maximum absolute atomic E-state index is 11.3. The summed E-state index contributed by atoms with van der Waals surface area (Å²) < 4.78 is 10.9. The first-order chi connectivity index (χ1) is 16.2. The van der Waals surface area contributed by atoms with E-state index in [9.17, 15) is 4.79 Å². The minimum atomic E-state index is -0.440. The van der Waals surface area contributed by atoms with Crippen LogP contribution in [0.2, 0.25) is 0 Å². The van der Waals surface area contributed by atoms with Crippen LogP contribution in [0, 0.1) is 0 Å². The van der Waals surface area contributed by atoms with E-state index in [1.54, 1.807) is 6.07 Å². The van der Waals surface area contributed by atoms with Crippen LogP contribution in [-0.4, -0.2) is 49.2 Å². The lowest BCUT2D eigenvalue weighted by atomic mass is 10.0. The number of piperazine rings is 1. The summed E-state index contributed by atoms with van der Waals surface area (Å²) >= 11 is 0. The number of nitrogens with one attached hydrogen (secondary N) is 1. The molecule has 170 valence electrons. The average Bonchev–Trinajstić information content (AvgIpc) is 3.23. The van der Waals surface area contributed by atoms with Crippen molar-refractivity contribution in [3.05, 3.63) is 94.5 Å². The van der Waals surface area contributed by atoms with E-state index in [0.29, 0.717) is 17.7 Å². The number of aromatic amines is 1. The van der Waals surface area contributed by atoms with Crippen molar-refractivity contribution in [3.63, 3.8) is 0 Å². The Morgan fingerprint density at radius 3 is 2.42 bits per heavy atom. The van der Waals surface area contributed by atoms with Gasteiger partial charge in [0.15, 0.2) is 5.58 Å². The predicted molar refractivity (Wildman–Crippen MR) is 131 cm³/mol. The van der Waals surface area contributed by atoms with Crippen LogP contribution in [0.5, 0.6) is 5.75 Å². The summed E-state index contributed by atoms with van der Waals surface area (Å²) in [4.78, 5) is 18.9. The van der Waals surface area contributed by atoms with E-state index < -0.39 is 5.76 Å². The normalized spacial score (nSPS) is 14.6. The molecule has 0 unspecified atom stereocenters. The Bertz CT molecular complexity index is 1220. The number of anilines is 1. The fraction of sp³-hybridized carbons (Fsp3) is 0.296. The average molecular weight is 444 g/mol. The number of rotatable bonds is 8. The highest BCUT2D eigenvalue weighted by Gasteiger charge is 2.17. The predicted octanol–water partition coefficient (Wildman–Crippen LogP) is 4.30. The number of fused-ring (bicyclic) bond motifs is 1. The fourth-order valence-electron chi connectivity index (χ4n) is 4.38. The van der Waals surface area contributed by atoms with Crippen LogP contribution in [-0.2, 0) is 6.42 Å². The second-order valence-electron chi connectivity index (χ2n) is 8.53. The molecular formula is C27H29N3O3. The van der Waals surface area contributed by atoms with Crippen molar-refractivity contribution < 1.29 is 9.15 Å². The maximum Gasteiger partial charge on any atom is 0.417 e. The molecule has 1 fully saturated rings. The summed E-state index contributed by atoms with van der Waals surface area (Å²) in [6.07, 6.45) is 1.94. The van der Waals surface area contributed by atoms with Gasteiger partial charge in [-0.25, -0.2) is 4.79 Å². The molecule has 6 heteroatoms. The van der Waals surface area contributed by atoms with Gasteiger partial charge in [0.2, 0.25) is 0 Å². The second-order valence-corrected chi connectivity index (χ2v) is 8.53. The van der Waals surface area contributed by atoms with Gasteiger partial charge in [-0.3, -0.25) is 9.88 Å². The topological polar surface area (TPSA) is 61.7 Å². The Kier molecular flexibility index (Phi) is 6.44. The van der Waals surface area contributed by atoms with Crippen molar-refractivity contribution >= 4 is 16.8 Å². The summed E-state index contributed by atoms with van der Waals surface area (Å²) in [5.74, 6) is 0.287. The molecule has 1 aliphatic rings. The maximum atomic E-state index is 11.3. The van der Waals surface area contributed by atoms with E-state index >= 15 is 0 Å². The molecule has 0 bridgehead atoms. The summed E-state index contributed by atoms with van der Waals surface area (Å²) in [5.41, 5.74) is 5.22. The SMILES string of the molecule is O=c1[nH]c2ccc(OCCCN3CCN(c4ccc(Cc5ccccc5)cc4)CC3)cc2o1. The molecule has 0 atom stereocenters. The number of ether oxygens (including phenoxy) is 1. The van der Waals surface area contributed by atoms with Crippen molar-refractivity contribution in [3.8, 4) is 5.75 Å². The van der Waals surface area contributed by atoms with Gasteiger partial charge in [-0.15, -0.1) is 0 Å². The first-order valence-corrected chi connectivity index (χ1v) is 11.6. The Balaban J connectivity index is 1.04. The Labute approximate surface area is 193 Å². The van der Waals surface area contributed by atoms with Crippen LogP contribution in [0.25, 0.3) is 11.1 Å². The van der Waals surface area contributed by atoms with Gasteiger partial charge >= 0.3 is 5.76 Å². The number of H-pyrrole nitrogens is 1. The minimum Gasteiger partial charge on any atom is -0.493 e. The standard InChI is InChI=1S/C27H29N3O3/c31-27-28-25-12-11-24(20-26(25)33-27)32-18-4-13-29-14-16-30(17-15-29)23-9-7-22(8-10-23)19-21-5-2-1-3-6-21/h1-3,5-12,20H,4,13-19H2,(H,28,31). The Morgan fingerprint density at radius 2 is 1.64 bits per heavy atom. The van der Waals surface area contributed by atoms with Gasteiger partial charge in [-0.1, -0.05) is 42.5 Å². The highest BCUT2D eigenvalue weighted by atomic mass is 16.5. The molecule has 1 saturated heterocycles. The summed E-state index contributed by atoms with van der Waals surface area (Å²) in [6.45, 7) is 5.87. The van der Waals surface area contributed by atoms with Crippen LogP contribution in [0.1, 0.15) is 17.5 Å². The van der Waals surface area contributed by atoms with E-state index in [1.807, 2.05) is 12.1 Å². The lowest BCUT2D eigenvalue weighted by Crippen LogP contribution is -2.46. The molecule has 1 aromatic heterocycles. The van der Waals surface area contributed by atoms with Crippen molar-refractivity contribution in [1.82, 2.24) is 9.88 Å². The molecule has 33 heavy (non-hydrogen) atoms. The van der Waals surface area contributed by atoms with E-state index in [1.165, 1.54) is 16.8 Å². The first-order valence-electron chi connectivity index (χ1n) is 11.6. The monoisotopic (exact) mass is 443 g/mol. The smallest absolute Gasteiger partial charge is 0.417 e. The van der Waals surface area contributed by atoms with E-state index in [2.05, 4.69) is 69.4 Å². The van der Waals surface area contributed by atoms with Crippen LogP contribution in [0.3, 0.4) is 0 Å². The van der Waals surface area contributed by atoms with Gasteiger partial charge in [0.1, 0.15) is 5.75 Å². The van der Waals surface area contributed by atoms with Crippen LogP contribution in [0.4, 0.5) is 5.69 Å². The number of hydrogen-bond acceptors (Lipinski definition) is 5. The van der Waals surface area contributed by atoms with Gasteiger partial charge in [-0.05, 0) is 48.2 Å². The van der Waals surface area contributed by atoms with Gasteiger partial charge in [0.25, 0.3) is 0 Å². The lowest BCUT2D eigenvalue weighted by molar-refractivity contribution is 0.225. The second kappa shape index (κ2) is 9.96. The highest BCUT2D eigenvalue weighted by Crippen LogP contribution is 2.20. The molecule has 6 nitrogen and oxygen atoms in total. The highest BCUT2D eigenvalue weighted by molar-refractivity contribution is 5.73. The van der Waals surface area contributed by atoms with Gasteiger partial charge in [0, 0.05) is 44.5 Å². The molecule has 4 aromatic rings. The Hall–Kier alpha value is -3.51. The van der Waals surface area contributed by atoms with Gasteiger partial charge in [-0.2, -0.15) is 0 Å². The third kappa shape index (κ3) is 5.46. The quantitative estimate of drug-likeness (QED) is 0.412. The molecule has 2 heterocycles. The number of hydrogen-bond donors (Lipinski definition) is 1. The number of oxazole rings is 1. The van der Waals surface area contributed by atoms with E-state index in [-0.39, 0.29) is 0 Å². The van der Waals surface area contributed by atoms with Crippen molar-refractivity contribution in [2.45, 2.75) is 12.8 Å². The zero-order valence-corrected chi connectivity index (χ0v) is 18.7. The zero-order chi connectivity index (χ0) is 22.5. The van der Waals surface area contributed by atoms with Crippen LogP contribution >= 0.6 is 0 Å².